The monoisotopic (exact) mass is 315 g/mol. The summed E-state index contributed by atoms with van der Waals surface area (Å²) >= 11 is 0. The number of nitrogens with two attached hydrogens (primary N) is 1. The van der Waals surface area contributed by atoms with Crippen molar-refractivity contribution < 1.29 is 13.2 Å². The Balaban J connectivity index is 1.59. The first-order valence-corrected chi connectivity index (χ1v) is 9.65. The molecule has 3 saturated heterocycles. The first-order chi connectivity index (χ1) is 9.85. The second-order valence-electron chi connectivity index (χ2n) is 6.85. The van der Waals surface area contributed by atoms with E-state index in [1.807, 2.05) is 0 Å². The number of rotatable bonds is 3. The molecule has 0 saturated carbocycles. The van der Waals surface area contributed by atoms with Crippen molar-refractivity contribution in [2.45, 2.75) is 56.3 Å². The van der Waals surface area contributed by atoms with Gasteiger partial charge in [-0.05, 0) is 32.1 Å². The number of hydrogen-bond acceptors (Lipinski definition) is 5. The van der Waals surface area contributed by atoms with Crippen LogP contribution in [0.25, 0.3) is 0 Å². The highest BCUT2D eigenvalue weighted by Crippen LogP contribution is 2.34. The molecule has 3 atom stereocenters. The molecular weight excluding hydrogens is 290 g/mol. The van der Waals surface area contributed by atoms with E-state index >= 15 is 0 Å². The van der Waals surface area contributed by atoms with E-state index in [-0.39, 0.29) is 29.5 Å². The third kappa shape index (κ3) is 3.10. The molecule has 3 aliphatic heterocycles. The van der Waals surface area contributed by atoms with E-state index < -0.39 is 9.84 Å². The van der Waals surface area contributed by atoms with Gasteiger partial charge in [-0.3, -0.25) is 9.69 Å². The molecule has 120 valence electrons. The van der Waals surface area contributed by atoms with Gasteiger partial charge >= 0.3 is 0 Å². The molecule has 21 heavy (non-hydrogen) atoms. The maximum absolute atomic E-state index is 12.5. The van der Waals surface area contributed by atoms with Crippen LogP contribution in [0.4, 0.5) is 0 Å². The molecule has 0 aromatic rings. The zero-order valence-electron chi connectivity index (χ0n) is 12.6. The van der Waals surface area contributed by atoms with Crippen LogP contribution in [0.15, 0.2) is 0 Å². The van der Waals surface area contributed by atoms with Gasteiger partial charge in [0.25, 0.3) is 0 Å². The van der Waals surface area contributed by atoms with Crippen molar-refractivity contribution in [1.29, 1.82) is 0 Å². The van der Waals surface area contributed by atoms with Crippen LogP contribution in [0.3, 0.4) is 0 Å². The van der Waals surface area contributed by atoms with Crippen molar-refractivity contribution in [3.05, 3.63) is 0 Å². The molecule has 2 bridgehead atoms. The van der Waals surface area contributed by atoms with Gasteiger partial charge in [-0.25, -0.2) is 8.42 Å². The van der Waals surface area contributed by atoms with Crippen molar-refractivity contribution in [1.82, 2.24) is 9.80 Å². The molecule has 0 spiro atoms. The Morgan fingerprint density at radius 3 is 2.38 bits per heavy atom. The lowest BCUT2D eigenvalue weighted by molar-refractivity contribution is -0.134. The predicted octanol–water partition coefficient (Wildman–Crippen LogP) is -0.414. The van der Waals surface area contributed by atoms with Crippen molar-refractivity contribution >= 4 is 15.7 Å². The number of carbonyl (C=O) groups is 1. The molecular formula is C14H25N3O3S. The van der Waals surface area contributed by atoms with Crippen molar-refractivity contribution in [2.75, 3.05) is 25.1 Å². The van der Waals surface area contributed by atoms with E-state index in [0.717, 1.165) is 25.7 Å². The Bertz CT molecular complexity index is 508. The first-order valence-electron chi connectivity index (χ1n) is 7.83. The van der Waals surface area contributed by atoms with Crippen molar-refractivity contribution in [3.8, 4) is 0 Å². The van der Waals surface area contributed by atoms with Crippen LogP contribution < -0.4 is 5.73 Å². The molecule has 0 aromatic heterocycles. The van der Waals surface area contributed by atoms with Crippen LogP contribution in [0.1, 0.15) is 32.1 Å². The highest BCUT2D eigenvalue weighted by molar-refractivity contribution is 7.91. The summed E-state index contributed by atoms with van der Waals surface area (Å²) in [6, 6.07) is 0.991. The molecule has 3 fully saturated rings. The molecule has 1 amide bonds. The average molecular weight is 315 g/mol. The third-order valence-corrected chi connectivity index (χ3v) is 7.14. The average Bonchev–Trinajstić information content (AvgIpc) is 2.87. The molecule has 0 radical (unpaired) electrons. The number of sulfone groups is 1. The van der Waals surface area contributed by atoms with Gasteiger partial charge < -0.3 is 10.6 Å². The summed E-state index contributed by atoms with van der Waals surface area (Å²) in [4.78, 5) is 16.4. The quantitative estimate of drug-likeness (QED) is 0.765. The number of carbonyl (C=O) groups excluding carboxylic acids is 1. The number of piperidine rings is 1. The second-order valence-corrected chi connectivity index (χ2v) is 9.08. The lowest BCUT2D eigenvalue weighted by Gasteiger charge is -2.38. The van der Waals surface area contributed by atoms with E-state index in [4.69, 9.17) is 5.73 Å². The Morgan fingerprint density at radius 1 is 1.24 bits per heavy atom. The number of likely N-dealkylation sites (N-methyl/N-ethyl adjacent to an activating group) is 1. The van der Waals surface area contributed by atoms with Crippen LogP contribution in [0.2, 0.25) is 0 Å². The number of nitrogens with zero attached hydrogens (tertiary/aromatic N) is 2. The molecule has 7 heteroatoms. The molecule has 0 aliphatic carbocycles. The second kappa shape index (κ2) is 5.52. The van der Waals surface area contributed by atoms with Crippen LogP contribution in [0.5, 0.6) is 0 Å². The molecule has 2 N–H and O–H groups in total. The third-order valence-electron chi connectivity index (χ3n) is 5.39. The maximum atomic E-state index is 12.5. The summed E-state index contributed by atoms with van der Waals surface area (Å²) < 4.78 is 23.1. The smallest absolute Gasteiger partial charge is 0.236 e. The summed E-state index contributed by atoms with van der Waals surface area (Å²) in [5.74, 6) is 0.371. The van der Waals surface area contributed by atoms with Gasteiger partial charge in [-0.1, -0.05) is 0 Å². The lowest BCUT2D eigenvalue weighted by Crippen LogP contribution is -2.52. The van der Waals surface area contributed by atoms with Gasteiger partial charge in [0.15, 0.2) is 9.84 Å². The fourth-order valence-electron chi connectivity index (χ4n) is 4.13. The van der Waals surface area contributed by atoms with Crippen LogP contribution in [0, 0.1) is 0 Å². The van der Waals surface area contributed by atoms with Crippen LogP contribution >= 0.6 is 0 Å². The van der Waals surface area contributed by atoms with E-state index in [0.29, 0.717) is 25.0 Å². The zero-order chi connectivity index (χ0) is 15.2. The summed E-state index contributed by atoms with van der Waals surface area (Å²) in [7, 11) is -1.21. The Kier molecular flexibility index (Phi) is 4.00. The fraction of sp³-hybridized carbons (Fsp3) is 0.929. The molecule has 3 aliphatic rings. The van der Waals surface area contributed by atoms with Crippen molar-refractivity contribution in [2.24, 2.45) is 5.73 Å². The maximum Gasteiger partial charge on any atom is 0.236 e. The van der Waals surface area contributed by atoms with E-state index in [2.05, 4.69) is 4.90 Å². The first kappa shape index (κ1) is 15.2. The van der Waals surface area contributed by atoms with Crippen LogP contribution in [-0.2, 0) is 14.6 Å². The van der Waals surface area contributed by atoms with Gasteiger partial charge in [0.05, 0.1) is 18.1 Å². The van der Waals surface area contributed by atoms with Crippen LogP contribution in [-0.4, -0.2) is 73.4 Å². The van der Waals surface area contributed by atoms with E-state index in [1.54, 1.807) is 11.9 Å². The normalized spacial score (nSPS) is 38.6. The standard InChI is InChI=1S/C14H25N3O3S/c1-16(13-4-5-21(19,20)9-13)14(18)8-17-11-2-3-12(17)7-10(15)6-11/h10-13H,2-9,15H2,1H3. The number of amides is 1. The highest BCUT2D eigenvalue weighted by Gasteiger charge is 2.41. The molecule has 3 unspecified atom stereocenters. The summed E-state index contributed by atoms with van der Waals surface area (Å²) in [6.45, 7) is 0.412. The molecule has 6 nitrogen and oxygen atoms in total. The molecule has 0 aromatic carbocycles. The fourth-order valence-corrected chi connectivity index (χ4v) is 5.90. The topological polar surface area (TPSA) is 83.7 Å². The Hall–Kier alpha value is -0.660. The minimum Gasteiger partial charge on any atom is -0.341 e. The van der Waals surface area contributed by atoms with E-state index in [1.165, 1.54) is 0 Å². The number of fused-ring (bicyclic) bond motifs is 2. The number of hydrogen-bond donors (Lipinski definition) is 1. The SMILES string of the molecule is CN(C(=O)CN1C2CCC1CC(N)C2)C1CCS(=O)(=O)C1. The van der Waals surface area contributed by atoms with Gasteiger partial charge in [-0.15, -0.1) is 0 Å². The van der Waals surface area contributed by atoms with Gasteiger partial charge in [0.1, 0.15) is 0 Å². The minimum atomic E-state index is -2.95. The van der Waals surface area contributed by atoms with Gasteiger partial charge in [0, 0.05) is 31.2 Å². The van der Waals surface area contributed by atoms with Gasteiger partial charge in [0.2, 0.25) is 5.91 Å². The molecule has 3 heterocycles. The Labute approximate surface area is 126 Å². The predicted molar refractivity (Wildman–Crippen MR) is 80.6 cm³/mol. The lowest BCUT2D eigenvalue weighted by atomic mass is 9.98. The summed E-state index contributed by atoms with van der Waals surface area (Å²) in [5, 5.41) is 0. The van der Waals surface area contributed by atoms with Gasteiger partial charge in [-0.2, -0.15) is 0 Å². The molecule has 3 rings (SSSR count). The largest absolute Gasteiger partial charge is 0.341 e. The summed E-state index contributed by atoms with van der Waals surface area (Å²) in [6.07, 6.45) is 4.79. The highest BCUT2D eigenvalue weighted by atomic mass is 32.2. The zero-order valence-corrected chi connectivity index (χ0v) is 13.4. The minimum absolute atomic E-state index is 0.0458. The summed E-state index contributed by atoms with van der Waals surface area (Å²) in [5.41, 5.74) is 6.05. The van der Waals surface area contributed by atoms with E-state index in [9.17, 15) is 13.2 Å². The Morgan fingerprint density at radius 2 is 1.86 bits per heavy atom. The van der Waals surface area contributed by atoms with Crippen molar-refractivity contribution in [3.63, 3.8) is 0 Å².